The van der Waals surface area contributed by atoms with Crippen molar-refractivity contribution in [3.8, 4) is 0 Å². The number of esters is 3. The molecular weight excluding hydrogens is 1010 g/mol. The van der Waals surface area contributed by atoms with Crippen LogP contribution in [0.3, 0.4) is 0 Å². The van der Waals surface area contributed by atoms with E-state index < -0.39 is 6.10 Å². The monoisotopic (exact) mass is 1130 g/mol. The average Bonchev–Trinajstić information content (AvgIpc) is 3.48. The summed E-state index contributed by atoms with van der Waals surface area (Å²) in [5.74, 6) is -0.938. The Hall–Kier alpha value is -4.97. The van der Waals surface area contributed by atoms with E-state index >= 15 is 0 Å². The third kappa shape index (κ3) is 65.8. The van der Waals surface area contributed by atoms with Crippen molar-refractivity contribution >= 4 is 17.9 Å². The Morgan fingerprint density at radius 1 is 0.256 bits per heavy atom. The fraction of sp³-hybridized carbons (Fsp3) is 0.618. The van der Waals surface area contributed by atoms with E-state index in [4.69, 9.17) is 14.2 Å². The summed E-state index contributed by atoms with van der Waals surface area (Å²) in [6, 6.07) is 0. The molecule has 0 saturated carbocycles. The van der Waals surface area contributed by atoms with E-state index in [0.717, 1.165) is 173 Å². The smallest absolute Gasteiger partial charge is 0.306 e. The van der Waals surface area contributed by atoms with Gasteiger partial charge in [0.05, 0.1) is 0 Å². The first-order valence-corrected chi connectivity index (χ1v) is 33.5. The third-order valence-electron chi connectivity index (χ3n) is 13.7. The van der Waals surface area contributed by atoms with Gasteiger partial charge in [0.1, 0.15) is 13.2 Å². The molecule has 0 rings (SSSR count). The zero-order chi connectivity index (χ0) is 59.2. The van der Waals surface area contributed by atoms with Crippen molar-refractivity contribution in [3.63, 3.8) is 0 Å². The summed E-state index contributed by atoms with van der Waals surface area (Å²) in [5, 5.41) is 0. The quantitative estimate of drug-likeness (QED) is 0.0261. The Kier molecular flexibility index (Phi) is 64.4. The van der Waals surface area contributed by atoms with Crippen LogP contribution in [0, 0.1) is 0 Å². The Morgan fingerprint density at radius 2 is 0.488 bits per heavy atom. The van der Waals surface area contributed by atoms with E-state index in [0.29, 0.717) is 19.3 Å². The standard InChI is InChI=1S/C76H122O6/c1-4-7-10-13-16-19-22-25-28-29-30-31-32-33-34-35-36-37-38-39-40-41-42-43-44-45-46-47-49-51-54-57-60-63-66-69-75(78)81-72-73(71-80-74(77)68-65-62-59-56-53-50-27-24-21-18-15-12-9-6-3)82-76(79)70-67-64-61-58-55-52-48-26-23-20-17-14-11-8-5-2/h7,10,15-20,24-28,30-31,33-34,36-37,39-40,42-43,45-46,48,73H,4-6,8-9,11-14,21-23,29,32,35,38,41,44,47,49-72H2,1-3H3/b10-7-,18-15-,19-16-,20-17-,27-24-,28-25-,31-30-,34-33-,37-36-,40-39-,43-42-,46-45-,48-26-. The van der Waals surface area contributed by atoms with Gasteiger partial charge in [-0.15, -0.1) is 0 Å². The fourth-order valence-electron chi connectivity index (χ4n) is 8.72. The Balaban J connectivity index is 4.31. The number of hydrogen-bond donors (Lipinski definition) is 0. The molecule has 0 aliphatic rings. The molecule has 0 aliphatic carbocycles. The van der Waals surface area contributed by atoms with Crippen molar-refractivity contribution in [1.82, 2.24) is 0 Å². The molecule has 0 amide bonds. The Bertz CT molecular complexity index is 1830. The van der Waals surface area contributed by atoms with E-state index in [1.807, 2.05) is 0 Å². The molecule has 462 valence electrons. The van der Waals surface area contributed by atoms with Gasteiger partial charge in [-0.2, -0.15) is 0 Å². The van der Waals surface area contributed by atoms with Gasteiger partial charge in [-0.1, -0.05) is 275 Å². The van der Waals surface area contributed by atoms with Gasteiger partial charge in [0.15, 0.2) is 6.10 Å². The van der Waals surface area contributed by atoms with Gasteiger partial charge in [0, 0.05) is 19.3 Å². The highest BCUT2D eigenvalue weighted by molar-refractivity contribution is 5.71. The molecule has 0 aromatic rings. The highest BCUT2D eigenvalue weighted by Crippen LogP contribution is 2.14. The normalized spacial score (nSPS) is 13.2. The number of hydrogen-bond acceptors (Lipinski definition) is 6. The summed E-state index contributed by atoms with van der Waals surface area (Å²) in [7, 11) is 0. The molecule has 0 saturated heterocycles. The first-order valence-electron chi connectivity index (χ1n) is 33.5. The molecule has 0 spiro atoms. The second-order valence-corrected chi connectivity index (χ2v) is 21.6. The van der Waals surface area contributed by atoms with Crippen LogP contribution in [0.4, 0.5) is 0 Å². The van der Waals surface area contributed by atoms with Gasteiger partial charge in [0.25, 0.3) is 0 Å². The van der Waals surface area contributed by atoms with Crippen LogP contribution in [0.5, 0.6) is 0 Å². The second kappa shape index (κ2) is 68.5. The average molecular weight is 1130 g/mol. The molecular formula is C76H122O6. The molecule has 0 bridgehead atoms. The predicted octanol–water partition coefficient (Wildman–Crippen LogP) is 23.3. The zero-order valence-corrected chi connectivity index (χ0v) is 52.9. The Labute approximate surface area is 505 Å². The zero-order valence-electron chi connectivity index (χ0n) is 52.9. The Morgan fingerprint density at radius 3 is 0.780 bits per heavy atom. The van der Waals surface area contributed by atoms with Crippen molar-refractivity contribution in [2.75, 3.05) is 13.2 Å². The minimum Gasteiger partial charge on any atom is -0.462 e. The number of carbonyl (C=O) groups excluding carboxylic acids is 3. The molecule has 0 fully saturated rings. The van der Waals surface area contributed by atoms with Crippen LogP contribution in [-0.4, -0.2) is 37.2 Å². The van der Waals surface area contributed by atoms with Gasteiger partial charge in [-0.3, -0.25) is 14.4 Å². The van der Waals surface area contributed by atoms with E-state index in [2.05, 4.69) is 179 Å². The predicted molar refractivity (Wildman–Crippen MR) is 357 cm³/mol. The molecule has 0 heterocycles. The van der Waals surface area contributed by atoms with Crippen molar-refractivity contribution in [3.05, 3.63) is 158 Å². The van der Waals surface area contributed by atoms with Gasteiger partial charge in [-0.05, 0) is 148 Å². The molecule has 1 unspecified atom stereocenters. The first kappa shape index (κ1) is 77.0. The number of carbonyl (C=O) groups is 3. The summed E-state index contributed by atoms with van der Waals surface area (Å²) in [5.41, 5.74) is 0. The fourth-order valence-corrected chi connectivity index (χ4v) is 8.72. The van der Waals surface area contributed by atoms with Crippen molar-refractivity contribution in [2.45, 2.75) is 290 Å². The summed E-state index contributed by atoms with van der Waals surface area (Å²) < 4.78 is 16.9. The third-order valence-corrected chi connectivity index (χ3v) is 13.7. The maximum Gasteiger partial charge on any atom is 0.306 e. The number of ether oxygens (including phenoxy) is 3. The number of unbranched alkanes of at least 4 members (excludes halogenated alkanes) is 22. The van der Waals surface area contributed by atoms with E-state index in [1.54, 1.807) is 0 Å². The van der Waals surface area contributed by atoms with Gasteiger partial charge in [-0.25, -0.2) is 0 Å². The van der Waals surface area contributed by atoms with E-state index in [1.165, 1.54) is 70.6 Å². The molecule has 6 heteroatoms. The topological polar surface area (TPSA) is 78.9 Å². The van der Waals surface area contributed by atoms with Crippen LogP contribution in [0.15, 0.2) is 158 Å². The number of rotatable bonds is 59. The van der Waals surface area contributed by atoms with Crippen LogP contribution in [0.2, 0.25) is 0 Å². The lowest BCUT2D eigenvalue weighted by molar-refractivity contribution is -0.167. The highest BCUT2D eigenvalue weighted by atomic mass is 16.6. The number of allylic oxidation sites excluding steroid dienone is 26. The summed E-state index contributed by atoms with van der Waals surface area (Å²) >= 11 is 0. The van der Waals surface area contributed by atoms with E-state index in [9.17, 15) is 14.4 Å². The molecule has 6 nitrogen and oxygen atoms in total. The molecule has 0 aliphatic heterocycles. The van der Waals surface area contributed by atoms with Crippen LogP contribution in [0.25, 0.3) is 0 Å². The summed E-state index contributed by atoms with van der Waals surface area (Å²) in [6.45, 7) is 6.42. The van der Waals surface area contributed by atoms with Crippen LogP contribution >= 0.6 is 0 Å². The maximum absolute atomic E-state index is 12.9. The molecule has 0 N–H and O–H groups in total. The largest absolute Gasteiger partial charge is 0.462 e. The lowest BCUT2D eigenvalue weighted by Gasteiger charge is -2.18. The van der Waals surface area contributed by atoms with Gasteiger partial charge < -0.3 is 14.2 Å². The molecule has 0 radical (unpaired) electrons. The van der Waals surface area contributed by atoms with E-state index in [-0.39, 0.29) is 31.1 Å². The molecule has 0 aromatic heterocycles. The summed E-state index contributed by atoms with van der Waals surface area (Å²) in [4.78, 5) is 38.3. The maximum atomic E-state index is 12.9. The SMILES string of the molecule is CC/C=C\C/C=C\C/C=C\C/C=C\C/C=C\C/C=C\C/C=C\C/C=C\C/C=C\CCCCCCCCCC(=O)OCC(COC(=O)CCCCCCC/C=C\C/C=C\CCCC)OC(=O)CCCCCCC/C=C\C/C=C\CCCCC. The minimum absolute atomic E-state index is 0.0991. The highest BCUT2D eigenvalue weighted by Gasteiger charge is 2.19. The molecule has 82 heavy (non-hydrogen) atoms. The lowest BCUT2D eigenvalue weighted by atomic mass is 10.1. The minimum atomic E-state index is -0.803. The summed E-state index contributed by atoms with van der Waals surface area (Å²) in [6.07, 6.45) is 99.7. The van der Waals surface area contributed by atoms with Crippen molar-refractivity contribution in [2.24, 2.45) is 0 Å². The van der Waals surface area contributed by atoms with Crippen molar-refractivity contribution in [1.29, 1.82) is 0 Å². The molecule has 1 atom stereocenters. The lowest BCUT2D eigenvalue weighted by Crippen LogP contribution is -2.30. The van der Waals surface area contributed by atoms with Crippen LogP contribution < -0.4 is 0 Å². The molecule has 0 aromatic carbocycles. The van der Waals surface area contributed by atoms with Gasteiger partial charge in [0.2, 0.25) is 0 Å². The van der Waals surface area contributed by atoms with Crippen LogP contribution in [0.1, 0.15) is 284 Å². The first-order chi connectivity index (χ1) is 40.5. The van der Waals surface area contributed by atoms with Gasteiger partial charge >= 0.3 is 17.9 Å². The second-order valence-electron chi connectivity index (χ2n) is 21.6. The van der Waals surface area contributed by atoms with Crippen molar-refractivity contribution < 1.29 is 28.6 Å². The van der Waals surface area contributed by atoms with Crippen LogP contribution in [-0.2, 0) is 28.6 Å².